The molecule has 2 saturated carbocycles. The highest BCUT2D eigenvalue weighted by atomic mass is 35.5. The number of ether oxygens (including phenoxy) is 1. The lowest BCUT2D eigenvalue weighted by molar-refractivity contribution is -0.903. The second-order valence-corrected chi connectivity index (χ2v) is 10.8. The zero-order chi connectivity index (χ0) is 20.9. The van der Waals surface area contributed by atoms with Crippen molar-refractivity contribution in [2.45, 2.75) is 45.1 Å². The van der Waals surface area contributed by atoms with Crippen LogP contribution in [0.5, 0.6) is 0 Å². The second kappa shape index (κ2) is 7.87. The highest BCUT2D eigenvalue weighted by Gasteiger charge is 2.56. The Morgan fingerprint density at radius 3 is 2.90 bits per heavy atom. The first-order chi connectivity index (χ1) is 14.4. The van der Waals surface area contributed by atoms with Crippen molar-refractivity contribution in [3.05, 3.63) is 41.4 Å². The molecule has 0 radical (unpaired) electrons. The van der Waals surface area contributed by atoms with Gasteiger partial charge in [-0.15, -0.1) is 0 Å². The molecule has 2 aliphatic heterocycles. The molecular weight excluding hydrogens is 396 g/mol. The predicted molar refractivity (Wildman–Crippen MR) is 120 cm³/mol. The first-order valence-corrected chi connectivity index (χ1v) is 12.0. The van der Waals surface area contributed by atoms with E-state index in [1.165, 1.54) is 29.0 Å². The number of allylic oxidation sites excluding steroid dienone is 1. The number of hydrogen-bond acceptors (Lipinski definition) is 3. The van der Waals surface area contributed by atoms with Crippen molar-refractivity contribution in [2.75, 3.05) is 37.6 Å². The molecule has 162 valence electrons. The Morgan fingerprint density at radius 2 is 2.13 bits per heavy atom. The van der Waals surface area contributed by atoms with Crippen molar-refractivity contribution in [3.8, 4) is 0 Å². The number of nitrogens with zero attached hydrogens (tertiary/aromatic N) is 1. The van der Waals surface area contributed by atoms with Gasteiger partial charge >= 0.3 is 5.97 Å². The van der Waals surface area contributed by atoms with Crippen LogP contribution in [0.25, 0.3) is 0 Å². The fourth-order valence-electron chi connectivity index (χ4n) is 6.76. The fraction of sp³-hybridized carbons (Fsp3) is 0.640. The normalized spacial score (nSPS) is 36.9. The van der Waals surface area contributed by atoms with Crippen LogP contribution in [0.1, 0.15) is 39.0 Å². The van der Waals surface area contributed by atoms with Crippen molar-refractivity contribution >= 4 is 23.3 Å². The highest BCUT2D eigenvalue weighted by molar-refractivity contribution is 6.30. The van der Waals surface area contributed by atoms with Crippen LogP contribution in [0.2, 0.25) is 5.02 Å². The van der Waals surface area contributed by atoms with Gasteiger partial charge in [0.25, 0.3) is 0 Å². The van der Waals surface area contributed by atoms with E-state index in [9.17, 15) is 4.79 Å². The first-order valence-electron chi connectivity index (χ1n) is 11.7. The van der Waals surface area contributed by atoms with Gasteiger partial charge in [-0.2, -0.15) is 0 Å². The molecule has 4 fully saturated rings. The largest absolute Gasteiger partial charge is 0.462 e. The van der Waals surface area contributed by atoms with Crippen LogP contribution < -0.4 is 9.80 Å². The summed E-state index contributed by atoms with van der Waals surface area (Å²) >= 11 is 6.17. The highest BCUT2D eigenvalue weighted by Crippen LogP contribution is 2.56. The standard InChI is InChI=1S/C25H33ClN2O2/c1-17-5-4-8-25(2)15-23-20(14-22(17)25)21(24(29)30-23)16-27-9-11-28(12-10-27)19-7-3-6-18(26)13-19/h3,6-7,13,20-23H,1,4-5,8-12,14-16H2,2H3/p+1/t20-,21-,22-,23+,25-/m0/s1. The Morgan fingerprint density at radius 1 is 1.33 bits per heavy atom. The van der Waals surface area contributed by atoms with Gasteiger partial charge in [0, 0.05) is 16.6 Å². The second-order valence-electron chi connectivity index (χ2n) is 10.3. The minimum Gasteiger partial charge on any atom is -0.462 e. The van der Waals surface area contributed by atoms with Crippen molar-refractivity contribution in [1.29, 1.82) is 0 Å². The number of nitrogens with one attached hydrogen (secondary N) is 1. The number of anilines is 1. The smallest absolute Gasteiger partial charge is 0.315 e. The molecule has 0 bridgehead atoms. The van der Waals surface area contributed by atoms with Gasteiger partial charge in [0.1, 0.15) is 12.0 Å². The summed E-state index contributed by atoms with van der Waals surface area (Å²) in [7, 11) is 0. The maximum absolute atomic E-state index is 12.8. The Kier molecular flexibility index (Phi) is 5.35. The molecule has 30 heavy (non-hydrogen) atoms. The average molecular weight is 430 g/mol. The van der Waals surface area contributed by atoms with E-state index in [2.05, 4.69) is 24.5 Å². The maximum Gasteiger partial charge on any atom is 0.315 e. The molecule has 5 heteroatoms. The zero-order valence-electron chi connectivity index (χ0n) is 18.0. The van der Waals surface area contributed by atoms with Crippen LogP contribution in [0.3, 0.4) is 0 Å². The molecule has 1 aromatic rings. The summed E-state index contributed by atoms with van der Waals surface area (Å²) < 4.78 is 5.97. The van der Waals surface area contributed by atoms with E-state index in [-0.39, 0.29) is 23.4 Å². The van der Waals surface area contributed by atoms with E-state index in [4.69, 9.17) is 16.3 Å². The molecule has 0 unspecified atom stereocenters. The minimum atomic E-state index is 0.0574. The number of quaternary nitrogens is 1. The van der Waals surface area contributed by atoms with Gasteiger partial charge in [0.05, 0.1) is 32.7 Å². The maximum atomic E-state index is 12.8. The lowest BCUT2D eigenvalue weighted by atomic mass is 9.55. The van der Waals surface area contributed by atoms with Crippen LogP contribution in [-0.4, -0.2) is 44.8 Å². The summed E-state index contributed by atoms with van der Waals surface area (Å²) in [5, 5.41) is 0.788. The van der Waals surface area contributed by atoms with E-state index in [1.807, 2.05) is 18.2 Å². The van der Waals surface area contributed by atoms with E-state index < -0.39 is 0 Å². The van der Waals surface area contributed by atoms with E-state index in [0.29, 0.717) is 11.8 Å². The number of carbonyl (C=O) groups excluding carboxylic acids is 1. The molecule has 0 amide bonds. The lowest BCUT2D eigenvalue weighted by Crippen LogP contribution is -3.15. The van der Waals surface area contributed by atoms with Crippen molar-refractivity contribution < 1.29 is 14.4 Å². The fourth-order valence-corrected chi connectivity index (χ4v) is 6.94. The van der Waals surface area contributed by atoms with E-state index in [1.54, 1.807) is 0 Å². The van der Waals surface area contributed by atoms with E-state index in [0.717, 1.165) is 57.0 Å². The van der Waals surface area contributed by atoms with Gasteiger partial charge < -0.3 is 14.5 Å². The molecule has 1 N–H and O–H groups in total. The zero-order valence-corrected chi connectivity index (χ0v) is 18.8. The molecule has 2 aliphatic carbocycles. The lowest BCUT2D eigenvalue weighted by Gasteiger charge is -2.50. The summed E-state index contributed by atoms with van der Waals surface area (Å²) in [5.41, 5.74) is 2.90. The Labute approximate surface area is 185 Å². The summed E-state index contributed by atoms with van der Waals surface area (Å²) in [4.78, 5) is 16.8. The molecule has 2 heterocycles. The number of esters is 1. The monoisotopic (exact) mass is 429 g/mol. The third kappa shape index (κ3) is 3.67. The van der Waals surface area contributed by atoms with Gasteiger partial charge in [0.15, 0.2) is 0 Å². The van der Waals surface area contributed by atoms with Crippen LogP contribution in [-0.2, 0) is 9.53 Å². The van der Waals surface area contributed by atoms with Crippen molar-refractivity contribution in [1.82, 2.24) is 0 Å². The van der Waals surface area contributed by atoms with Crippen LogP contribution in [0.15, 0.2) is 36.4 Å². The molecule has 0 spiro atoms. The first kappa shape index (κ1) is 20.4. The van der Waals surface area contributed by atoms with Crippen molar-refractivity contribution in [2.24, 2.45) is 23.2 Å². The van der Waals surface area contributed by atoms with Gasteiger partial charge in [-0.05, 0) is 61.6 Å². The molecule has 0 aromatic heterocycles. The predicted octanol–water partition coefficient (Wildman–Crippen LogP) is 3.36. The van der Waals surface area contributed by atoms with Gasteiger partial charge in [-0.1, -0.05) is 36.7 Å². The number of piperazine rings is 1. The Bertz CT molecular complexity index is 834. The van der Waals surface area contributed by atoms with Gasteiger partial charge in [-0.3, -0.25) is 4.79 Å². The molecule has 5 rings (SSSR count). The van der Waals surface area contributed by atoms with Crippen molar-refractivity contribution in [3.63, 3.8) is 0 Å². The Hall–Kier alpha value is -1.52. The molecule has 5 atom stereocenters. The molecule has 2 saturated heterocycles. The number of fused-ring (bicyclic) bond motifs is 2. The summed E-state index contributed by atoms with van der Waals surface area (Å²) in [6, 6.07) is 8.11. The van der Waals surface area contributed by atoms with Crippen LogP contribution in [0, 0.1) is 23.2 Å². The number of carbonyl (C=O) groups is 1. The quantitative estimate of drug-likeness (QED) is 0.591. The number of benzene rings is 1. The van der Waals surface area contributed by atoms with Gasteiger partial charge in [0.2, 0.25) is 0 Å². The van der Waals surface area contributed by atoms with Crippen LogP contribution >= 0.6 is 11.6 Å². The topological polar surface area (TPSA) is 34.0 Å². The molecule has 1 aromatic carbocycles. The van der Waals surface area contributed by atoms with Gasteiger partial charge in [-0.25, -0.2) is 0 Å². The number of halogens is 1. The summed E-state index contributed by atoms with van der Waals surface area (Å²) in [6.45, 7) is 11.9. The summed E-state index contributed by atoms with van der Waals surface area (Å²) in [5.74, 6) is 1.06. The SMILES string of the molecule is C=C1CCC[C@@]2(C)C[C@H]3OC(=O)[C@@H](C[NH+]4CCN(c5cccc(Cl)c5)CC4)[C@@H]3C[C@@H]12. The average Bonchev–Trinajstić information content (AvgIpc) is 3.01. The number of rotatable bonds is 3. The molecule has 4 aliphatic rings. The number of hydrogen-bond donors (Lipinski definition) is 1. The minimum absolute atomic E-state index is 0.0574. The van der Waals surface area contributed by atoms with E-state index >= 15 is 0 Å². The molecule has 4 nitrogen and oxygen atoms in total. The summed E-state index contributed by atoms with van der Waals surface area (Å²) in [6.07, 6.45) is 5.90. The third-order valence-electron chi connectivity index (χ3n) is 8.47. The van der Waals surface area contributed by atoms with Crippen LogP contribution in [0.4, 0.5) is 5.69 Å². The Balaban J connectivity index is 1.23. The third-order valence-corrected chi connectivity index (χ3v) is 8.71. The molecular formula is C25H34ClN2O2+.